The van der Waals surface area contributed by atoms with Gasteiger partial charge in [-0.05, 0) is 53.5 Å². The third-order valence-electron chi connectivity index (χ3n) is 4.11. The standard InChI is InChI=1S/C15H20BrClN2O2/c1-3-10-9-18-7-6-15(10,14(20)21-2)19-11-4-5-13(17)12(16)8-11/h4-5,8,10,18-19H,3,6-7,9H2,1-2H3. The molecule has 2 unspecified atom stereocenters. The predicted molar refractivity (Wildman–Crippen MR) is 88.8 cm³/mol. The summed E-state index contributed by atoms with van der Waals surface area (Å²) in [7, 11) is 1.44. The molecular weight excluding hydrogens is 356 g/mol. The zero-order valence-corrected chi connectivity index (χ0v) is 14.6. The van der Waals surface area contributed by atoms with Gasteiger partial charge in [0, 0.05) is 22.6 Å². The summed E-state index contributed by atoms with van der Waals surface area (Å²) in [4.78, 5) is 12.5. The molecule has 1 heterocycles. The van der Waals surface area contributed by atoms with Crippen molar-refractivity contribution in [2.45, 2.75) is 25.3 Å². The highest BCUT2D eigenvalue weighted by atomic mass is 79.9. The van der Waals surface area contributed by atoms with Gasteiger partial charge in [-0.15, -0.1) is 0 Å². The zero-order chi connectivity index (χ0) is 15.5. The minimum absolute atomic E-state index is 0.174. The van der Waals surface area contributed by atoms with E-state index >= 15 is 0 Å². The molecule has 4 nitrogen and oxygen atoms in total. The molecule has 1 aliphatic rings. The van der Waals surface area contributed by atoms with Crippen LogP contribution in [0.1, 0.15) is 19.8 Å². The molecule has 0 amide bonds. The van der Waals surface area contributed by atoms with E-state index in [1.165, 1.54) is 7.11 Å². The lowest BCUT2D eigenvalue weighted by atomic mass is 9.76. The highest BCUT2D eigenvalue weighted by Gasteiger charge is 2.47. The molecule has 0 aromatic heterocycles. The van der Waals surface area contributed by atoms with Crippen LogP contribution in [0.2, 0.25) is 5.02 Å². The van der Waals surface area contributed by atoms with E-state index in [9.17, 15) is 4.79 Å². The molecule has 0 aliphatic carbocycles. The molecule has 116 valence electrons. The molecule has 1 fully saturated rings. The minimum Gasteiger partial charge on any atom is -0.467 e. The van der Waals surface area contributed by atoms with Gasteiger partial charge in [0.2, 0.25) is 0 Å². The summed E-state index contributed by atoms with van der Waals surface area (Å²) in [6.45, 7) is 3.68. The van der Waals surface area contributed by atoms with Crippen LogP contribution in [0.4, 0.5) is 5.69 Å². The van der Waals surface area contributed by atoms with E-state index in [1.54, 1.807) is 6.07 Å². The van der Waals surface area contributed by atoms with Crippen LogP contribution in [-0.2, 0) is 9.53 Å². The van der Waals surface area contributed by atoms with Crippen LogP contribution in [0.3, 0.4) is 0 Å². The molecule has 0 spiro atoms. The molecule has 21 heavy (non-hydrogen) atoms. The first-order valence-corrected chi connectivity index (χ1v) is 8.23. The number of rotatable bonds is 4. The van der Waals surface area contributed by atoms with Gasteiger partial charge in [-0.2, -0.15) is 0 Å². The molecule has 0 bridgehead atoms. The molecule has 0 radical (unpaired) electrons. The van der Waals surface area contributed by atoms with Crippen LogP contribution in [0.5, 0.6) is 0 Å². The summed E-state index contributed by atoms with van der Waals surface area (Å²) >= 11 is 9.44. The first-order valence-electron chi connectivity index (χ1n) is 7.06. The highest BCUT2D eigenvalue weighted by molar-refractivity contribution is 9.10. The molecule has 0 saturated carbocycles. The first-order chi connectivity index (χ1) is 10.0. The Hall–Kier alpha value is -0.780. The van der Waals surface area contributed by atoms with Gasteiger partial charge in [0.25, 0.3) is 0 Å². The maximum atomic E-state index is 12.5. The second kappa shape index (κ2) is 6.99. The lowest BCUT2D eigenvalue weighted by Gasteiger charge is -2.43. The van der Waals surface area contributed by atoms with Gasteiger partial charge in [0.05, 0.1) is 12.1 Å². The third kappa shape index (κ3) is 3.35. The van der Waals surface area contributed by atoms with Crippen molar-refractivity contribution in [3.8, 4) is 0 Å². The Morgan fingerprint density at radius 2 is 2.38 bits per heavy atom. The number of nitrogens with one attached hydrogen (secondary N) is 2. The Morgan fingerprint density at radius 3 is 3.00 bits per heavy atom. The Morgan fingerprint density at radius 1 is 1.62 bits per heavy atom. The quantitative estimate of drug-likeness (QED) is 0.792. The minimum atomic E-state index is -0.692. The Kier molecular flexibility index (Phi) is 5.52. The SMILES string of the molecule is CCC1CNCCC1(Nc1ccc(Cl)c(Br)c1)C(=O)OC. The van der Waals surface area contributed by atoms with Gasteiger partial charge in [0.15, 0.2) is 0 Å². The average molecular weight is 376 g/mol. The number of carbonyl (C=O) groups is 1. The Bertz CT molecular complexity index is 526. The number of esters is 1. The normalized spacial score (nSPS) is 25.4. The summed E-state index contributed by atoms with van der Waals surface area (Å²) in [6, 6.07) is 5.58. The first kappa shape index (κ1) is 16.6. The van der Waals surface area contributed by atoms with E-state index in [0.29, 0.717) is 11.4 Å². The summed E-state index contributed by atoms with van der Waals surface area (Å²) in [5.41, 5.74) is 0.166. The molecule has 1 aliphatic heterocycles. The van der Waals surface area contributed by atoms with Crippen molar-refractivity contribution < 1.29 is 9.53 Å². The number of halogens is 2. The topological polar surface area (TPSA) is 50.4 Å². The van der Waals surface area contributed by atoms with Crippen molar-refractivity contribution in [2.75, 3.05) is 25.5 Å². The third-order valence-corrected chi connectivity index (χ3v) is 5.33. The van der Waals surface area contributed by atoms with E-state index < -0.39 is 5.54 Å². The van der Waals surface area contributed by atoms with Crippen molar-refractivity contribution in [1.82, 2.24) is 5.32 Å². The average Bonchev–Trinajstić information content (AvgIpc) is 2.50. The van der Waals surface area contributed by atoms with Crippen LogP contribution in [0.25, 0.3) is 0 Å². The number of piperidine rings is 1. The number of hydrogen-bond donors (Lipinski definition) is 2. The molecule has 6 heteroatoms. The van der Waals surface area contributed by atoms with Gasteiger partial charge >= 0.3 is 5.97 Å². The number of anilines is 1. The van der Waals surface area contributed by atoms with E-state index in [1.807, 2.05) is 12.1 Å². The van der Waals surface area contributed by atoms with E-state index in [2.05, 4.69) is 33.5 Å². The molecular formula is C15H20BrClN2O2. The monoisotopic (exact) mass is 374 g/mol. The predicted octanol–water partition coefficient (Wildman–Crippen LogP) is 3.45. The summed E-state index contributed by atoms with van der Waals surface area (Å²) in [5.74, 6) is -0.0323. The van der Waals surface area contributed by atoms with E-state index in [-0.39, 0.29) is 11.9 Å². The van der Waals surface area contributed by atoms with Gasteiger partial charge in [0.1, 0.15) is 5.54 Å². The van der Waals surface area contributed by atoms with Crippen LogP contribution in [0, 0.1) is 5.92 Å². The maximum absolute atomic E-state index is 12.5. The van der Waals surface area contributed by atoms with E-state index in [0.717, 1.165) is 29.7 Å². The highest BCUT2D eigenvalue weighted by Crippen LogP contribution is 2.34. The Balaban J connectivity index is 2.35. The zero-order valence-electron chi connectivity index (χ0n) is 12.2. The second-order valence-electron chi connectivity index (χ2n) is 5.28. The van der Waals surface area contributed by atoms with Gasteiger partial charge in [-0.1, -0.05) is 18.5 Å². The molecule has 2 atom stereocenters. The van der Waals surface area contributed by atoms with Crippen LogP contribution in [-0.4, -0.2) is 31.7 Å². The number of methoxy groups -OCH3 is 1. The van der Waals surface area contributed by atoms with E-state index in [4.69, 9.17) is 16.3 Å². The van der Waals surface area contributed by atoms with Crippen LogP contribution >= 0.6 is 27.5 Å². The molecule has 1 aromatic carbocycles. The fraction of sp³-hybridized carbons (Fsp3) is 0.533. The van der Waals surface area contributed by atoms with Crippen molar-refractivity contribution in [3.63, 3.8) is 0 Å². The smallest absolute Gasteiger partial charge is 0.331 e. The number of benzene rings is 1. The lowest BCUT2D eigenvalue weighted by molar-refractivity contribution is -0.149. The maximum Gasteiger partial charge on any atom is 0.331 e. The summed E-state index contributed by atoms with van der Waals surface area (Å²) in [6.07, 6.45) is 1.59. The fourth-order valence-electron chi connectivity index (χ4n) is 2.93. The lowest BCUT2D eigenvalue weighted by Crippen LogP contribution is -2.60. The fourth-order valence-corrected chi connectivity index (χ4v) is 3.43. The number of ether oxygens (including phenoxy) is 1. The van der Waals surface area contributed by atoms with Gasteiger partial charge < -0.3 is 15.4 Å². The largest absolute Gasteiger partial charge is 0.467 e. The molecule has 1 aromatic rings. The summed E-state index contributed by atoms with van der Waals surface area (Å²) < 4.78 is 5.89. The molecule has 2 N–H and O–H groups in total. The van der Waals surface area contributed by atoms with Crippen molar-refractivity contribution in [3.05, 3.63) is 27.7 Å². The second-order valence-corrected chi connectivity index (χ2v) is 6.54. The Labute approximate surface area is 138 Å². The van der Waals surface area contributed by atoms with Gasteiger partial charge in [-0.3, -0.25) is 0 Å². The van der Waals surface area contributed by atoms with Crippen LogP contribution in [0.15, 0.2) is 22.7 Å². The van der Waals surface area contributed by atoms with Crippen molar-refractivity contribution >= 4 is 39.2 Å². The molecule has 2 rings (SSSR count). The number of hydrogen-bond acceptors (Lipinski definition) is 4. The van der Waals surface area contributed by atoms with Crippen molar-refractivity contribution in [1.29, 1.82) is 0 Å². The summed E-state index contributed by atoms with van der Waals surface area (Å²) in [5, 5.41) is 7.40. The van der Waals surface area contributed by atoms with Crippen LogP contribution < -0.4 is 10.6 Å². The molecule has 1 saturated heterocycles. The van der Waals surface area contributed by atoms with Crippen molar-refractivity contribution in [2.24, 2.45) is 5.92 Å². The number of carbonyl (C=O) groups excluding carboxylic acids is 1. The van der Waals surface area contributed by atoms with Gasteiger partial charge in [-0.25, -0.2) is 4.79 Å².